The summed E-state index contributed by atoms with van der Waals surface area (Å²) in [5, 5.41) is 10.3. The number of rotatable bonds is 6. The smallest absolute Gasteiger partial charge is 0.337 e. The van der Waals surface area contributed by atoms with Crippen molar-refractivity contribution in [2.45, 2.75) is 67.1 Å². The minimum absolute atomic E-state index is 0.507. The number of nitrogen functional groups attached to an aromatic ring is 1. The fourth-order valence-corrected chi connectivity index (χ4v) is 4.56. The lowest BCUT2D eigenvalue weighted by molar-refractivity contribution is -0.160. The zero-order chi connectivity index (χ0) is 26.2. The zero-order valence-corrected chi connectivity index (χ0v) is 22.2. The first-order valence-electron chi connectivity index (χ1n) is 11.9. The normalized spacial score (nSPS) is 12.5. The fraction of sp³-hybridized carbons (Fsp3) is 0.323. The van der Waals surface area contributed by atoms with Crippen molar-refractivity contribution < 1.29 is 14.6 Å². The summed E-state index contributed by atoms with van der Waals surface area (Å²) in [5.74, 6) is -1.06. The van der Waals surface area contributed by atoms with Gasteiger partial charge < -0.3 is 15.6 Å². The average Bonchev–Trinajstić information content (AvgIpc) is 2.75. The van der Waals surface area contributed by atoms with Gasteiger partial charge in [0, 0.05) is 22.4 Å². The summed E-state index contributed by atoms with van der Waals surface area (Å²) < 4.78 is 6.13. The predicted octanol–water partition coefficient (Wildman–Crippen LogP) is 7.73. The molecule has 0 aromatic heterocycles. The Balaban J connectivity index is 2.53. The predicted molar refractivity (Wildman–Crippen MR) is 147 cm³/mol. The number of carbonyl (C=O) groups is 1. The lowest BCUT2D eigenvalue weighted by atomic mass is 9.81. The van der Waals surface area contributed by atoms with Crippen molar-refractivity contribution in [3.63, 3.8) is 0 Å². The molecule has 1 unspecified atom stereocenters. The van der Waals surface area contributed by atoms with Gasteiger partial charge in [-0.25, -0.2) is 4.79 Å². The van der Waals surface area contributed by atoms with Crippen molar-refractivity contribution in [2.75, 3.05) is 5.73 Å². The van der Waals surface area contributed by atoms with Gasteiger partial charge >= 0.3 is 5.97 Å². The highest BCUT2D eigenvalue weighted by Crippen LogP contribution is 2.46. The van der Waals surface area contributed by atoms with Gasteiger partial charge in [-0.3, -0.25) is 0 Å². The maximum atomic E-state index is 12.6. The van der Waals surface area contributed by atoms with Crippen LogP contribution < -0.4 is 5.73 Å². The quantitative estimate of drug-likeness (QED) is 0.361. The molecule has 184 valence electrons. The van der Waals surface area contributed by atoms with Crippen molar-refractivity contribution in [3.05, 3.63) is 81.9 Å². The summed E-state index contributed by atoms with van der Waals surface area (Å²) in [4.78, 5) is 12.6. The van der Waals surface area contributed by atoms with Gasteiger partial charge in [-0.05, 0) is 99.9 Å². The van der Waals surface area contributed by atoms with Crippen LogP contribution in [0.3, 0.4) is 0 Å². The van der Waals surface area contributed by atoms with E-state index in [0.29, 0.717) is 16.8 Å². The van der Waals surface area contributed by atoms with Crippen LogP contribution in [0, 0.1) is 34.6 Å². The number of anilines is 1. The van der Waals surface area contributed by atoms with Gasteiger partial charge in [0.2, 0.25) is 0 Å². The maximum Gasteiger partial charge on any atom is 0.337 e. The number of carboxylic acids is 1. The van der Waals surface area contributed by atoms with Gasteiger partial charge in [-0.15, -0.1) is 0 Å². The van der Waals surface area contributed by atoms with E-state index in [0.717, 1.165) is 38.9 Å². The monoisotopic (exact) mass is 471 g/mol. The lowest BCUT2D eigenvalue weighted by Crippen LogP contribution is -2.28. The molecule has 35 heavy (non-hydrogen) atoms. The molecule has 3 N–H and O–H groups in total. The SMILES string of the molecule is C=Cc1c(N)c(-c2ccc(C)c(C)c2)c(C)c(-c2ccc(C)c(C)c2)c1C(OC(C)(C)C)C(=O)O. The molecule has 3 aromatic carbocycles. The molecule has 0 fully saturated rings. The number of ether oxygens (including phenoxy) is 1. The molecule has 0 radical (unpaired) electrons. The highest BCUT2D eigenvalue weighted by Gasteiger charge is 2.34. The second kappa shape index (κ2) is 9.71. The standard InChI is InChI=1S/C31H37NO3/c1-10-24-27(29(30(33)34)35-31(7,8)9)25(22-13-11-17(2)19(4)15-22)21(6)26(28(24)32)23-14-12-18(3)20(5)16-23/h10-16,29H,1,32H2,2-9H3,(H,33,34). The highest BCUT2D eigenvalue weighted by atomic mass is 16.5. The molecular weight excluding hydrogens is 434 g/mol. The van der Waals surface area contributed by atoms with Crippen molar-refractivity contribution in [1.82, 2.24) is 0 Å². The average molecular weight is 472 g/mol. The first kappa shape index (κ1) is 26.2. The summed E-state index contributed by atoms with van der Waals surface area (Å²) >= 11 is 0. The summed E-state index contributed by atoms with van der Waals surface area (Å²) in [5.41, 5.74) is 17.0. The molecule has 0 bridgehead atoms. The van der Waals surface area contributed by atoms with Gasteiger partial charge in [0.1, 0.15) is 0 Å². The van der Waals surface area contributed by atoms with Crippen LogP contribution in [0.15, 0.2) is 43.0 Å². The molecular formula is C31H37NO3. The third-order valence-corrected chi connectivity index (χ3v) is 6.62. The second-order valence-electron chi connectivity index (χ2n) is 10.4. The van der Waals surface area contributed by atoms with Crippen LogP contribution in [0.4, 0.5) is 5.69 Å². The summed E-state index contributed by atoms with van der Waals surface area (Å²) in [6.45, 7) is 19.9. The summed E-state index contributed by atoms with van der Waals surface area (Å²) in [6, 6.07) is 12.5. The molecule has 4 nitrogen and oxygen atoms in total. The maximum absolute atomic E-state index is 12.6. The number of hydrogen-bond acceptors (Lipinski definition) is 3. The van der Waals surface area contributed by atoms with Crippen molar-refractivity contribution in [3.8, 4) is 22.3 Å². The molecule has 0 aliphatic rings. The Kier molecular flexibility index (Phi) is 7.28. The molecule has 0 amide bonds. The number of aryl methyl sites for hydroxylation is 4. The van der Waals surface area contributed by atoms with Gasteiger partial charge in [0.25, 0.3) is 0 Å². The number of carboxylic acid groups (broad SMARTS) is 1. The van der Waals surface area contributed by atoms with Gasteiger partial charge in [0.15, 0.2) is 6.10 Å². The zero-order valence-electron chi connectivity index (χ0n) is 22.2. The van der Waals surface area contributed by atoms with Crippen LogP contribution in [0.25, 0.3) is 28.3 Å². The van der Waals surface area contributed by atoms with E-state index in [4.69, 9.17) is 10.5 Å². The van der Waals surface area contributed by atoms with E-state index in [1.807, 2.05) is 33.8 Å². The Labute approximate surface area is 209 Å². The molecule has 3 rings (SSSR count). The minimum Gasteiger partial charge on any atom is -0.479 e. The van der Waals surface area contributed by atoms with E-state index in [1.54, 1.807) is 6.08 Å². The number of benzene rings is 3. The Bertz CT molecular complexity index is 1310. The lowest BCUT2D eigenvalue weighted by Gasteiger charge is -2.30. The van der Waals surface area contributed by atoms with E-state index in [-0.39, 0.29) is 0 Å². The van der Waals surface area contributed by atoms with E-state index in [1.165, 1.54) is 11.1 Å². The van der Waals surface area contributed by atoms with Crippen molar-refractivity contribution >= 4 is 17.7 Å². The molecule has 0 saturated heterocycles. The Morgan fingerprint density at radius 2 is 1.40 bits per heavy atom. The van der Waals surface area contributed by atoms with Gasteiger partial charge in [-0.2, -0.15) is 0 Å². The Morgan fingerprint density at radius 1 is 0.914 bits per heavy atom. The van der Waals surface area contributed by atoms with Crippen LogP contribution in [0.2, 0.25) is 0 Å². The third-order valence-electron chi connectivity index (χ3n) is 6.62. The van der Waals surface area contributed by atoms with E-state index >= 15 is 0 Å². The van der Waals surface area contributed by atoms with Gasteiger partial charge in [0.05, 0.1) is 5.60 Å². The van der Waals surface area contributed by atoms with E-state index < -0.39 is 17.7 Å². The van der Waals surface area contributed by atoms with Crippen LogP contribution in [0.1, 0.15) is 65.8 Å². The largest absolute Gasteiger partial charge is 0.479 e. The molecule has 0 spiro atoms. The fourth-order valence-electron chi connectivity index (χ4n) is 4.56. The topological polar surface area (TPSA) is 72.5 Å². The minimum atomic E-state index is -1.21. The third kappa shape index (κ3) is 5.18. The Morgan fingerprint density at radius 3 is 1.80 bits per heavy atom. The first-order chi connectivity index (χ1) is 16.3. The number of nitrogens with two attached hydrogens (primary N) is 1. The van der Waals surface area contributed by atoms with Crippen LogP contribution >= 0.6 is 0 Å². The molecule has 0 aliphatic carbocycles. The van der Waals surface area contributed by atoms with Crippen molar-refractivity contribution in [2.24, 2.45) is 0 Å². The summed E-state index contributed by atoms with van der Waals surface area (Å²) in [6.07, 6.45) is 0.440. The van der Waals surface area contributed by atoms with Crippen molar-refractivity contribution in [1.29, 1.82) is 0 Å². The van der Waals surface area contributed by atoms with Crippen LogP contribution in [-0.2, 0) is 9.53 Å². The molecule has 0 saturated carbocycles. The molecule has 1 atom stereocenters. The number of aliphatic carboxylic acids is 1. The van der Waals surface area contributed by atoms with E-state index in [2.05, 4.69) is 64.6 Å². The molecule has 4 heteroatoms. The highest BCUT2D eigenvalue weighted by molar-refractivity contribution is 5.96. The van der Waals surface area contributed by atoms with Crippen LogP contribution in [-0.4, -0.2) is 16.7 Å². The molecule has 0 heterocycles. The molecule has 3 aromatic rings. The molecule has 0 aliphatic heterocycles. The number of hydrogen-bond donors (Lipinski definition) is 2. The van der Waals surface area contributed by atoms with Crippen LogP contribution in [0.5, 0.6) is 0 Å². The summed E-state index contributed by atoms with van der Waals surface area (Å²) in [7, 11) is 0. The Hall–Kier alpha value is -3.37. The second-order valence-corrected chi connectivity index (χ2v) is 10.4. The first-order valence-corrected chi connectivity index (χ1v) is 11.9. The van der Waals surface area contributed by atoms with Gasteiger partial charge in [-0.1, -0.05) is 49.1 Å². The van der Waals surface area contributed by atoms with E-state index in [9.17, 15) is 9.90 Å².